The van der Waals surface area contributed by atoms with E-state index in [9.17, 15) is 14.9 Å². The Labute approximate surface area is 97.3 Å². The van der Waals surface area contributed by atoms with Crippen molar-refractivity contribution in [2.24, 2.45) is 0 Å². The molecule has 0 fully saturated rings. The Bertz CT molecular complexity index is 493. The molecule has 1 N–H and O–H groups in total. The summed E-state index contributed by atoms with van der Waals surface area (Å²) in [5.74, 6) is -0.956. The third-order valence-corrected chi connectivity index (χ3v) is 2.17. The molecule has 0 amide bonds. The molecule has 0 bridgehead atoms. The van der Waals surface area contributed by atoms with Crippen molar-refractivity contribution in [3.05, 3.63) is 39.4 Å². The minimum atomic E-state index is -1.11. The Morgan fingerprint density at radius 3 is 2.65 bits per heavy atom. The minimum absolute atomic E-state index is 0.153. The van der Waals surface area contributed by atoms with Crippen LogP contribution in [-0.4, -0.2) is 23.1 Å². The van der Waals surface area contributed by atoms with Gasteiger partial charge in [0.1, 0.15) is 0 Å². The minimum Gasteiger partial charge on any atom is -0.490 e. The largest absolute Gasteiger partial charge is 0.490 e. The van der Waals surface area contributed by atoms with Gasteiger partial charge in [0.15, 0.2) is 5.75 Å². The van der Waals surface area contributed by atoms with Gasteiger partial charge in [0.25, 0.3) is 0 Å². The number of hydrogen-bond acceptors (Lipinski definition) is 4. The number of nitro benzene ring substituents is 1. The van der Waals surface area contributed by atoms with Gasteiger partial charge in [-0.3, -0.25) is 10.1 Å². The molecule has 17 heavy (non-hydrogen) atoms. The molecule has 0 saturated heterocycles. The maximum atomic E-state index is 10.8. The van der Waals surface area contributed by atoms with Crippen molar-refractivity contribution in [1.82, 2.24) is 0 Å². The second-order valence-electron chi connectivity index (χ2n) is 3.31. The molecule has 0 aliphatic carbocycles. The number of nitrogens with zero attached hydrogens (tertiary/aromatic N) is 1. The van der Waals surface area contributed by atoms with Crippen molar-refractivity contribution in [2.45, 2.75) is 6.92 Å². The number of aryl methyl sites for hydroxylation is 1. The van der Waals surface area contributed by atoms with E-state index in [1.54, 1.807) is 6.92 Å². The predicted molar refractivity (Wildman–Crippen MR) is 61.1 cm³/mol. The Hall–Kier alpha value is -2.37. The van der Waals surface area contributed by atoms with Gasteiger partial charge in [-0.15, -0.1) is 0 Å². The Kier molecular flexibility index (Phi) is 3.82. The molecule has 0 saturated carbocycles. The monoisotopic (exact) mass is 237 g/mol. The summed E-state index contributed by atoms with van der Waals surface area (Å²) in [5.41, 5.74) is 0.980. The van der Waals surface area contributed by atoms with Crippen LogP contribution < -0.4 is 4.74 Å². The van der Waals surface area contributed by atoms with Crippen molar-refractivity contribution < 1.29 is 19.6 Å². The number of aliphatic carboxylic acids is 1. The van der Waals surface area contributed by atoms with Gasteiger partial charge in [-0.25, -0.2) is 4.79 Å². The van der Waals surface area contributed by atoms with E-state index in [1.165, 1.54) is 25.3 Å². The molecular formula is C11H11NO5. The van der Waals surface area contributed by atoms with Gasteiger partial charge in [-0.2, -0.15) is 0 Å². The average Bonchev–Trinajstić information content (AvgIpc) is 2.26. The van der Waals surface area contributed by atoms with Crippen LogP contribution in [0.5, 0.6) is 5.75 Å². The van der Waals surface area contributed by atoms with Crippen molar-refractivity contribution in [1.29, 1.82) is 0 Å². The summed E-state index contributed by atoms with van der Waals surface area (Å²) >= 11 is 0. The quantitative estimate of drug-likeness (QED) is 0.491. The van der Waals surface area contributed by atoms with E-state index in [-0.39, 0.29) is 11.4 Å². The Balaban J connectivity index is 3.29. The van der Waals surface area contributed by atoms with E-state index in [2.05, 4.69) is 0 Å². The summed E-state index contributed by atoms with van der Waals surface area (Å²) in [5, 5.41) is 19.3. The van der Waals surface area contributed by atoms with Crippen LogP contribution in [0, 0.1) is 17.0 Å². The Morgan fingerprint density at radius 2 is 2.18 bits per heavy atom. The third-order valence-electron chi connectivity index (χ3n) is 2.17. The zero-order valence-electron chi connectivity index (χ0n) is 9.34. The van der Waals surface area contributed by atoms with Gasteiger partial charge >= 0.3 is 11.7 Å². The first-order valence-corrected chi connectivity index (χ1v) is 4.69. The van der Waals surface area contributed by atoms with Gasteiger partial charge in [-0.05, 0) is 30.2 Å². The molecule has 0 aliphatic rings. The molecule has 0 aromatic heterocycles. The molecule has 6 nitrogen and oxygen atoms in total. The number of hydrogen-bond donors (Lipinski definition) is 1. The summed E-state index contributed by atoms with van der Waals surface area (Å²) in [6, 6.07) is 2.78. The molecule has 1 aromatic rings. The standard InChI is InChI=1S/C11H11NO5/c1-7-5-10(17-2)9(12(15)16)6-8(7)3-4-11(13)14/h3-6H,1-2H3,(H,13,14). The Morgan fingerprint density at radius 1 is 1.53 bits per heavy atom. The van der Waals surface area contributed by atoms with Crippen LogP contribution in [-0.2, 0) is 4.79 Å². The summed E-state index contributed by atoms with van der Waals surface area (Å²) in [6.07, 6.45) is 2.24. The molecule has 90 valence electrons. The molecule has 0 unspecified atom stereocenters. The van der Waals surface area contributed by atoms with Crippen LogP contribution >= 0.6 is 0 Å². The van der Waals surface area contributed by atoms with E-state index in [0.29, 0.717) is 11.1 Å². The van der Waals surface area contributed by atoms with Gasteiger partial charge < -0.3 is 9.84 Å². The van der Waals surface area contributed by atoms with E-state index in [4.69, 9.17) is 9.84 Å². The molecule has 1 rings (SSSR count). The van der Waals surface area contributed by atoms with Crippen molar-refractivity contribution >= 4 is 17.7 Å². The lowest BCUT2D eigenvalue weighted by Gasteiger charge is -2.05. The highest BCUT2D eigenvalue weighted by Crippen LogP contribution is 2.30. The molecule has 0 aliphatic heterocycles. The normalized spacial score (nSPS) is 10.5. The van der Waals surface area contributed by atoms with Gasteiger partial charge in [-0.1, -0.05) is 0 Å². The lowest BCUT2D eigenvalue weighted by Crippen LogP contribution is -1.96. The molecule has 0 spiro atoms. The average molecular weight is 237 g/mol. The fraction of sp³-hybridized carbons (Fsp3) is 0.182. The van der Waals surface area contributed by atoms with Crippen LogP contribution in [0.1, 0.15) is 11.1 Å². The highest BCUT2D eigenvalue weighted by atomic mass is 16.6. The molecule has 0 radical (unpaired) electrons. The second kappa shape index (κ2) is 5.11. The SMILES string of the molecule is COc1cc(C)c(C=CC(=O)O)cc1[N+](=O)[O-]. The zero-order valence-corrected chi connectivity index (χ0v) is 9.34. The summed E-state index contributed by atoms with van der Waals surface area (Å²) < 4.78 is 4.89. The van der Waals surface area contributed by atoms with Crippen molar-refractivity contribution in [3.8, 4) is 5.75 Å². The zero-order chi connectivity index (χ0) is 13.0. The van der Waals surface area contributed by atoms with Gasteiger partial charge in [0, 0.05) is 12.1 Å². The molecule has 0 heterocycles. The number of benzene rings is 1. The molecule has 6 heteroatoms. The van der Waals surface area contributed by atoms with E-state index in [0.717, 1.165) is 6.08 Å². The fourth-order valence-electron chi connectivity index (χ4n) is 1.33. The topological polar surface area (TPSA) is 89.7 Å². The van der Waals surface area contributed by atoms with Gasteiger partial charge in [0.05, 0.1) is 12.0 Å². The maximum absolute atomic E-state index is 10.8. The first-order chi connectivity index (χ1) is 7.95. The van der Waals surface area contributed by atoms with Crippen molar-refractivity contribution in [2.75, 3.05) is 7.11 Å². The highest BCUT2D eigenvalue weighted by Gasteiger charge is 2.16. The number of ether oxygens (including phenoxy) is 1. The summed E-state index contributed by atoms with van der Waals surface area (Å²) in [4.78, 5) is 20.6. The van der Waals surface area contributed by atoms with E-state index in [1.807, 2.05) is 0 Å². The maximum Gasteiger partial charge on any atom is 0.328 e. The predicted octanol–water partition coefficient (Wildman–Crippen LogP) is 2.01. The number of nitro groups is 1. The lowest BCUT2D eigenvalue weighted by molar-refractivity contribution is -0.385. The molecule has 0 atom stereocenters. The fourth-order valence-corrected chi connectivity index (χ4v) is 1.33. The van der Waals surface area contributed by atoms with Gasteiger partial charge in [0.2, 0.25) is 0 Å². The van der Waals surface area contributed by atoms with Crippen LogP contribution in [0.3, 0.4) is 0 Å². The first kappa shape index (κ1) is 12.7. The summed E-state index contributed by atoms with van der Waals surface area (Å²) in [7, 11) is 1.34. The van der Waals surface area contributed by atoms with Crippen LogP contribution in [0.25, 0.3) is 6.08 Å². The first-order valence-electron chi connectivity index (χ1n) is 4.69. The van der Waals surface area contributed by atoms with E-state index < -0.39 is 10.9 Å². The summed E-state index contributed by atoms with van der Waals surface area (Å²) in [6.45, 7) is 1.72. The number of carboxylic acids is 1. The number of methoxy groups -OCH3 is 1. The van der Waals surface area contributed by atoms with Crippen LogP contribution in [0.2, 0.25) is 0 Å². The van der Waals surface area contributed by atoms with Crippen LogP contribution in [0.15, 0.2) is 18.2 Å². The smallest absolute Gasteiger partial charge is 0.328 e. The van der Waals surface area contributed by atoms with Crippen LogP contribution in [0.4, 0.5) is 5.69 Å². The van der Waals surface area contributed by atoms with E-state index >= 15 is 0 Å². The molecular weight excluding hydrogens is 226 g/mol. The highest BCUT2D eigenvalue weighted by molar-refractivity contribution is 5.85. The third kappa shape index (κ3) is 3.04. The number of rotatable bonds is 4. The number of carbonyl (C=O) groups is 1. The van der Waals surface area contributed by atoms with Crippen molar-refractivity contribution in [3.63, 3.8) is 0 Å². The molecule has 1 aromatic carbocycles. The number of carboxylic acid groups (broad SMARTS) is 1. The lowest BCUT2D eigenvalue weighted by atomic mass is 10.1. The second-order valence-corrected chi connectivity index (χ2v) is 3.31.